The number of hydrogen-bond donors (Lipinski definition) is 4. The third-order valence-electron chi connectivity index (χ3n) is 6.97. The molecule has 1 aliphatic carbocycles. The van der Waals surface area contributed by atoms with Crippen LogP contribution in [0.1, 0.15) is 72.5 Å². The van der Waals surface area contributed by atoms with Crippen molar-refractivity contribution in [2.24, 2.45) is 0 Å². The third-order valence-corrected chi connectivity index (χ3v) is 8.97. The van der Waals surface area contributed by atoms with Crippen molar-refractivity contribution >= 4 is 67.9 Å². The van der Waals surface area contributed by atoms with Crippen LogP contribution in [0.3, 0.4) is 0 Å². The van der Waals surface area contributed by atoms with Gasteiger partial charge in [-0.25, -0.2) is 0 Å². The quantitative estimate of drug-likeness (QED) is 0.187. The summed E-state index contributed by atoms with van der Waals surface area (Å²) in [7, 11) is 0. The van der Waals surface area contributed by atoms with E-state index in [0.717, 1.165) is 46.8 Å². The van der Waals surface area contributed by atoms with Gasteiger partial charge in [-0.15, -0.1) is 20.4 Å². The molecule has 5 rings (SSSR count). The van der Waals surface area contributed by atoms with Crippen molar-refractivity contribution in [1.29, 1.82) is 0 Å². The fraction of sp³-hybridized carbons (Fsp3) is 0.333. The molecule has 44 heavy (non-hydrogen) atoms. The zero-order valence-electron chi connectivity index (χ0n) is 24.3. The zero-order valence-corrected chi connectivity index (χ0v) is 25.9. The molecule has 0 saturated heterocycles. The largest absolute Gasteiger partial charge is 0.326 e. The van der Waals surface area contributed by atoms with E-state index < -0.39 is 0 Å². The van der Waals surface area contributed by atoms with Gasteiger partial charge in [0.05, 0.1) is 12.8 Å². The van der Waals surface area contributed by atoms with Crippen LogP contribution in [0.15, 0.2) is 48.5 Å². The van der Waals surface area contributed by atoms with E-state index in [1.807, 2.05) is 12.1 Å². The molecular weight excluding hydrogens is 601 g/mol. The van der Waals surface area contributed by atoms with E-state index in [4.69, 9.17) is 0 Å². The molecule has 1 fully saturated rings. The Morgan fingerprint density at radius 1 is 0.682 bits per heavy atom. The molecule has 2 aromatic heterocycles. The minimum Gasteiger partial charge on any atom is -0.326 e. The molecule has 4 amide bonds. The van der Waals surface area contributed by atoms with Gasteiger partial charge in [0.2, 0.25) is 33.9 Å². The second-order valence-corrected chi connectivity index (χ2v) is 12.7. The van der Waals surface area contributed by atoms with Crippen molar-refractivity contribution in [1.82, 2.24) is 20.4 Å². The molecule has 1 aliphatic rings. The zero-order chi connectivity index (χ0) is 31.1. The van der Waals surface area contributed by atoms with Crippen LogP contribution in [0.5, 0.6) is 0 Å². The number of nitrogens with zero attached hydrogens (tertiary/aromatic N) is 4. The lowest BCUT2D eigenvalue weighted by Gasteiger charge is -2.25. The Hall–Kier alpha value is -4.56. The molecule has 12 nitrogen and oxygen atoms in total. The molecule has 2 heterocycles. The predicted molar refractivity (Wildman–Crippen MR) is 170 cm³/mol. The molecule has 0 aliphatic heterocycles. The maximum atomic E-state index is 12.7. The highest BCUT2D eigenvalue weighted by atomic mass is 32.1. The summed E-state index contributed by atoms with van der Waals surface area (Å²) in [5, 5.41) is 30.9. The second-order valence-electron chi connectivity index (χ2n) is 10.7. The van der Waals surface area contributed by atoms with E-state index in [-0.39, 0.29) is 48.3 Å². The van der Waals surface area contributed by atoms with Crippen LogP contribution in [0, 0.1) is 0 Å². The summed E-state index contributed by atoms with van der Waals surface area (Å²) >= 11 is 2.76. The number of nitrogens with one attached hydrogen (secondary N) is 4. The first-order valence-electron chi connectivity index (χ1n) is 14.2. The van der Waals surface area contributed by atoms with E-state index >= 15 is 0 Å². The van der Waals surface area contributed by atoms with Crippen LogP contribution < -0.4 is 21.3 Å². The molecule has 2 aromatic carbocycles. The molecule has 14 heteroatoms. The Morgan fingerprint density at radius 2 is 1.14 bits per heavy atom. The van der Waals surface area contributed by atoms with E-state index in [1.54, 1.807) is 36.4 Å². The Labute approximate surface area is 262 Å². The maximum absolute atomic E-state index is 12.7. The van der Waals surface area contributed by atoms with Crippen LogP contribution in [0.25, 0.3) is 0 Å². The fourth-order valence-electron chi connectivity index (χ4n) is 5.16. The topological polar surface area (TPSA) is 168 Å². The van der Waals surface area contributed by atoms with Crippen molar-refractivity contribution < 1.29 is 19.2 Å². The van der Waals surface area contributed by atoms with Gasteiger partial charge < -0.3 is 21.3 Å². The smallest absolute Gasteiger partial charge is 0.230 e. The lowest BCUT2D eigenvalue weighted by atomic mass is 9.82. The highest BCUT2D eigenvalue weighted by Crippen LogP contribution is 2.43. The maximum Gasteiger partial charge on any atom is 0.230 e. The number of carbonyl (C=O) groups excluding carboxylic acids is 4. The van der Waals surface area contributed by atoms with Gasteiger partial charge in [-0.2, -0.15) is 0 Å². The Bertz CT molecular complexity index is 1550. The van der Waals surface area contributed by atoms with Crippen LogP contribution in [-0.4, -0.2) is 44.0 Å². The van der Waals surface area contributed by atoms with Crippen LogP contribution in [0.4, 0.5) is 21.6 Å². The molecule has 4 aromatic rings. The van der Waals surface area contributed by atoms with Crippen molar-refractivity contribution in [3.63, 3.8) is 0 Å². The number of carbonyl (C=O) groups is 4. The summed E-state index contributed by atoms with van der Waals surface area (Å²) in [6.07, 6.45) is 4.05. The highest BCUT2D eigenvalue weighted by Gasteiger charge is 2.29. The van der Waals surface area contributed by atoms with E-state index in [9.17, 15) is 19.2 Å². The highest BCUT2D eigenvalue weighted by molar-refractivity contribution is 7.15. The van der Waals surface area contributed by atoms with E-state index in [2.05, 4.69) is 41.7 Å². The van der Waals surface area contributed by atoms with Gasteiger partial charge in [0.15, 0.2) is 0 Å². The molecule has 228 valence electrons. The number of anilines is 4. The summed E-state index contributed by atoms with van der Waals surface area (Å²) in [6, 6.07) is 14.3. The molecule has 0 radical (unpaired) electrons. The first-order chi connectivity index (χ1) is 21.2. The molecule has 2 unspecified atom stereocenters. The third kappa shape index (κ3) is 8.74. The first-order valence-corrected chi connectivity index (χ1v) is 15.8. The summed E-state index contributed by atoms with van der Waals surface area (Å²) in [5.74, 6) is -0.394. The molecule has 0 bridgehead atoms. The minimum absolute atomic E-state index is 0.146. The van der Waals surface area contributed by atoms with Crippen LogP contribution >= 0.6 is 22.7 Å². The van der Waals surface area contributed by atoms with E-state index in [0.29, 0.717) is 21.6 Å². The average Bonchev–Trinajstić information content (AvgIpc) is 3.63. The van der Waals surface area contributed by atoms with Crippen molar-refractivity contribution in [2.45, 2.75) is 64.2 Å². The minimum atomic E-state index is -0.210. The average molecular weight is 633 g/mol. The number of aromatic nitrogens is 4. The molecule has 0 spiro atoms. The first kappa shape index (κ1) is 30.9. The normalized spacial score (nSPS) is 16.1. The molecule has 1 saturated carbocycles. The number of amides is 4. The van der Waals surface area contributed by atoms with Crippen molar-refractivity contribution in [3.05, 3.63) is 69.7 Å². The van der Waals surface area contributed by atoms with Gasteiger partial charge >= 0.3 is 0 Å². The van der Waals surface area contributed by atoms with Crippen molar-refractivity contribution in [3.8, 4) is 0 Å². The second kappa shape index (κ2) is 14.3. The summed E-state index contributed by atoms with van der Waals surface area (Å²) in [4.78, 5) is 47.9. The Morgan fingerprint density at radius 3 is 1.57 bits per heavy atom. The number of benzene rings is 2. The predicted octanol–water partition coefficient (Wildman–Crippen LogP) is 5.11. The molecule has 2 atom stereocenters. The summed E-state index contributed by atoms with van der Waals surface area (Å²) < 4.78 is 0. The number of hydrogen-bond acceptors (Lipinski definition) is 10. The molecule has 4 N–H and O–H groups in total. The van der Waals surface area contributed by atoms with Gasteiger partial charge in [-0.3, -0.25) is 19.2 Å². The lowest BCUT2D eigenvalue weighted by molar-refractivity contribution is -0.116. The van der Waals surface area contributed by atoms with Gasteiger partial charge in [0, 0.05) is 37.1 Å². The van der Waals surface area contributed by atoms with Gasteiger partial charge in [0.25, 0.3) is 0 Å². The summed E-state index contributed by atoms with van der Waals surface area (Å²) in [5.41, 5.74) is 2.83. The van der Waals surface area contributed by atoms with Crippen LogP contribution in [-0.2, 0) is 32.0 Å². The van der Waals surface area contributed by atoms with E-state index in [1.165, 1.54) is 36.5 Å². The SMILES string of the molecule is CC(=O)Nc1cccc(CC(=O)Nc2nnc(C3CCCC(c4nnc(NC(=O)Cc5cccc(NC(C)=O)c5)s4)C3)s2)c1. The van der Waals surface area contributed by atoms with Crippen LogP contribution in [0.2, 0.25) is 0 Å². The van der Waals surface area contributed by atoms with Gasteiger partial charge in [0.1, 0.15) is 10.0 Å². The van der Waals surface area contributed by atoms with Crippen molar-refractivity contribution in [2.75, 3.05) is 21.3 Å². The Balaban J connectivity index is 1.13. The fourth-order valence-corrected chi connectivity index (χ4v) is 6.97. The van der Waals surface area contributed by atoms with Gasteiger partial charge in [-0.1, -0.05) is 53.4 Å². The van der Waals surface area contributed by atoms with Gasteiger partial charge in [-0.05, 0) is 54.7 Å². The monoisotopic (exact) mass is 632 g/mol. The lowest BCUT2D eigenvalue weighted by Crippen LogP contribution is -2.14. The Kier molecular flexibility index (Phi) is 10.0. The standard InChI is InChI=1S/C30H32N8O4S2/c1-17(39)31-23-10-3-6-19(12-23)14-25(41)33-29-37-35-27(43-29)21-8-5-9-22(16-21)28-36-38-30(44-28)34-26(42)15-20-7-4-11-24(13-20)32-18(2)40/h3-4,6-7,10-13,21-22H,5,8-9,14-16H2,1-2H3,(H,31,39)(H,32,40)(H,33,37,41)(H,34,38,42). The molecular formula is C30H32N8O4S2. The summed E-state index contributed by atoms with van der Waals surface area (Å²) in [6.45, 7) is 2.88. The number of rotatable bonds is 10.